The first kappa shape index (κ1) is 14.1. The summed E-state index contributed by atoms with van der Waals surface area (Å²) in [6.07, 6.45) is -0.759. The van der Waals surface area contributed by atoms with E-state index in [0.29, 0.717) is 23.9 Å². The predicted octanol–water partition coefficient (Wildman–Crippen LogP) is 1.53. The van der Waals surface area contributed by atoms with Gasteiger partial charge in [0, 0.05) is 19.3 Å². The zero-order valence-electron chi connectivity index (χ0n) is 10.1. The van der Waals surface area contributed by atoms with Crippen LogP contribution < -0.4 is 9.64 Å². The zero-order chi connectivity index (χ0) is 12.8. The number of aliphatic hydroxyl groups excluding tert-OH is 2. The maximum absolute atomic E-state index is 9.35. The lowest BCUT2D eigenvalue weighted by molar-refractivity contribution is 0.101. The van der Waals surface area contributed by atoms with Gasteiger partial charge in [-0.15, -0.1) is 0 Å². The van der Waals surface area contributed by atoms with Crippen molar-refractivity contribution >= 4 is 17.3 Å². The van der Waals surface area contributed by atoms with Gasteiger partial charge in [0.25, 0.3) is 0 Å². The largest absolute Gasteiger partial charge is 0.492 e. The van der Waals surface area contributed by atoms with Gasteiger partial charge in [-0.1, -0.05) is 11.6 Å². The average molecular weight is 260 g/mol. The normalized spacial score (nSPS) is 12.3. The standard InChI is InChI=1S/C12H18ClNO3/c1-3-17-12-5-4-9(6-11(12)13)14(2)7-10(16)8-15/h4-6,10,15-16H,3,7-8H2,1-2H3. The molecule has 0 radical (unpaired) electrons. The summed E-state index contributed by atoms with van der Waals surface area (Å²) in [6.45, 7) is 2.56. The maximum Gasteiger partial charge on any atom is 0.138 e. The van der Waals surface area contributed by atoms with Gasteiger partial charge in [-0.25, -0.2) is 0 Å². The quantitative estimate of drug-likeness (QED) is 0.814. The Bertz CT molecular complexity index is 360. The second-order valence-corrected chi connectivity index (χ2v) is 4.17. The van der Waals surface area contributed by atoms with E-state index in [1.165, 1.54) is 0 Å². The third-order valence-corrected chi connectivity index (χ3v) is 2.65. The molecule has 1 aromatic rings. The number of aliphatic hydroxyl groups is 2. The first-order valence-electron chi connectivity index (χ1n) is 5.50. The fourth-order valence-corrected chi connectivity index (χ4v) is 1.71. The number of ether oxygens (including phenoxy) is 1. The van der Waals surface area contributed by atoms with Crippen LogP contribution in [0.5, 0.6) is 5.75 Å². The second-order valence-electron chi connectivity index (χ2n) is 3.76. The number of hydrogen-bond donors (Lipinski definition) is 2. The molecule has 1 aromatic carbocycles. The van der Waals surface area contributed by atoms with Gasteiger partial charge >= 0.3 is 0 Å². The molecule has 0 heterocycles. The Morgan fingerprint density at radius 1 is 1.47 bits per heavy atom. The lowest BCUT2D eigenvalue weighted by atomic mass is 10.2. The van der Waals surface area contributed by atoms with Crippen molar-refractivity contribution in [3.63, 3.8) is 0 Å². The average Bonchev–Trinajstić information content (AvgIpc) is 2.31. The fraction of sp³-hybridized carbons (Fsp3) is 0.500. The van der Waals surface area contributed by atoms with E-state index in [-0.39, 0.29) is 6.61 Å². The van der Waals surface area contributed by atoms with Gasteiger partial charge in [0.2, 0.25) is 0 Å². The Labute approximate surface area is 106 Å². The minimum atomic E-state index is -0.759. The Kier molecular flexibility index (Phi) is 5.55. The van der Waals surface area contributed by atoms with Crippen LogP contribution >= 0.6 is 11.6 Å². The van der Waals surface area contributed by atoms with Crippen LogP contribution in [-0.2, 0) is 0 Å². The number of rotatable bonds is 6. The molecule has 0 aliphatic rings. The summed E-state index contributed by atoms with van der Waals surface area (Å²) in [5.41, 5.74) is 0.867. The van der Waals surface area contributed by atoms with E-state index in [0.717, 1.165) is 5.69 Å². The van der Waals surface area contributed by atoms with Crippen molar-refractivity contribution in [2.24, 2.45) is 0 Å². The van der Waals surface area contributed by atoms with E-state index in [4.69, 9.17) is 21.4 Å². The van der Waals surface area contributed by atoms with Crippen LogP contribution in [0.2, 0.25) is 5.02 Å². The van der Waals surface area contributed by atoms with E-state index < -0.39 is 6.10 Å². The van der Waals surface area contributed by atoms with Gasteiger partial charge in [-0.2, -0.15) is 0 Å². The third kappa shape index (κ3) is 4.07. The lowest BCUT2D eigenvalue weighted by Gasteiger charge is -2.22. The van der Waals surface area contributed by atoms with Crippen molar-refractivity contribution in [3.05, 3.63) is 23.2 Å². The van der Waals surface area contributed by atoms with E-state index in [2.05, 4.69) is 0 Å². The molecular formula is C12H18ClNO3. The monoisotopic (exact) mass is 259 g/mol. The maximum atomic E-state index is 9.35. The van der Waals surface area contributed by atoms with E-state index in [9.17, 15) is 5.11 Å². The number of likely N-dealkylation sites (N-methyl/N-ethyl adjacent to an activating group) is 1. The molecule has 0 bridgehead atoms. The predicted molar refractivity (Wildman–Crippen MR) is 69.0 cm³/mol. The molecule has 0 aliphatic heterocycles. The molecule has 1 atom stereocenters. The molecule has 1 rings (SSSR count). The summed E-state index contributed by atoms with van der Waals surface area (Å²) in [5.74, 6) is 0.647. The van der Waals surface area contributed by atoms with Gasteiger partial charge in [0.15, 0.2) is 0 Å². The van der Waals surface area contributed by atoms with Crippen LogP contribution in [0, 0.1) is 0 Å². The Morgan fingerprint density at radius 2 is 2.18 bits per heavy atom. The van der Waals surface area contributed by atoms with Gasteiger partial charge < -0.3 is 19.8 Å². The van der Waals surface area contributed by atoms with Crippen molar-refractivity contribution in [2.45, 2.75) is 13.0 Å². The highest BCUT2D eigenvalue weighted by Gasteiger charge is 2.09. The Hall–Kier alpha value is -0.970. The zero-order valence-corrected chi connectivity index (χ0v) is 10.8. The fourth-order valence-electron chi connectivity index (χ4n) is 1.48. The topological polar surface area (TPSA) is 52.9 Å². The summed E-state index contributed by atoms with van der Waals surface area (Å²) in [7, 11) is 1.82. The molecule has 2 N–H and O–H groups in total. The number of nitrogens with zero attached hydrogens (tertiary/aromatic N) is 1. The summed E-state index contributed by atoms with van der Waals surface area (Å²) in [4.78, 5) is 1.82. The molecule has 0 aromatic heterocycles. The molecule has 4 nitrogen and oxygen atoms in total. The third-order valence-electron chi connectivity index (χ3n) is 2.35. The highest BCUT2D eigenvalue weighted by Crippen LogP contribution is 2.29. The Balaban J connectivity index is 2.75. The van der Waals surface area contributed by atoms with Crippen LogP contribution in [0.1, 0.15) is 6.92 Å². The van der Waals surface area contributed by atoms with Crippen molar-refractivity contribution in [1.82, 2.24) is 0 Å². The van der Waals surface area contributed by atoms with Crippen LogP contribution in [0.25, 0.3) is 0 Å². The smallest absolute Gasteiger partial charge is 0.138 e. The SMILES string of the molecule is CCOc1ccc(N(C)CC(O)CO)cc1Cl. The highest BCUT2D eigenvalue weighted by molar-refractivity contribution is 6.32. The molecular weight excluding hydrogens is 242 g/mol. The first-order valence-corrected chi connectivity index (χ1v) is 5.88. The molecule has 0 fully saturated rings. The van der Waals surface area contributed by atoms with Gasteiger partial charge in [-0.05, 0) is 25.1 Å². The Morgan fingerprint density at radius 3 is 2.71 bits per heavy atom. The molecule has 0 aliphatic carbocycles. The van der Waals surface area contributed by atoms with Gasteiger partial charge in [0.05, 0.1) is 24.3 Å². The number of benzene rings is 1. The first-order chi connectivity index (χ1) is 8.08. The molecule has 0 spiro atoms. The second kappa shape index (κ2) is 6.69. The number of anilines is 1. The van der Waals surface area contributed by atoms with Crippen LogP contribution in [0.15, 0.2) is 18.2 Å². The highest BCUT2D eigenvalue weighted by atomic mass is 35.5. The van der Waals surface area contributed by atoms with Crippen molar-refractivity contribution in [1.29, 1.82) is 0 Å². The molecule has 1 unspecified atom stereocenters. The van der Waals surface area contributed by atoms with Crippen LogP contribution in [0.3, 0.4) is 0 Å². The molecule has 5 heteroatoms. The lowest BCUT2D eigenvalue weighted by Crippen LogP contribution is -2.31. The molecule has 17 heavy (non-hydrogen) atoms. The molecule has 0 saturated carbocycles. The number of halogens is 1. The molecule has 0 saturated heterocycles. The van der Waals surface area contributed by atoms with E-state index in [1.807, 2.05) is 24.9 Å². The van der Waals surface area contributed by atoms with Crippen LogP contribution in [-0.4, -0.2) is 43.1 Å². The summed E-state index contributed by atoms with van der Waals surface area (Å²) < 4.78 is 5.33. The molecule has 0 amide bonds. The number of hydrogen-bond acceptors (Lipinski definition) is 4. The van der Waals surface area contributed by atoms with Crippen molar-refractivity contribution in [2.75, 3.05) is 31.7 Å². The van der Waals surface area contributed by atoms with Crippen LogP contribution in [0.4, 0.5) is 5.69 Å². The van der Waals surface area contributed by atoms with E-state index >= 15 is 0 Å². The van der Waals surface area contributed by atoms with Gasteiger partial charge in [0.1, 0.15) is 5.75 Å². The molecule has 96 valence electrons. The minimum Gasteiger partial charge on any atom is -0.492 e. The van der Waals surface area contributed by atoms with Crippen molar-refractivity contribution < 1.29 is 14.9 Å². The van der Waals surface area contributed by atoms with E-state index in [1.54, 1.807) is 12.1 Å². The summed E-state index contributed by atoms with van der Waals surface area (Å²) in [5, 5.41) is 18.7. The minimum absolute atomic E-state index is 0.255. The van der Waals surface area contributed by atoms with Gasteiger partial charge in [-0.3, -0.25) is 0 Å². The summed E-state index contributed by atoms with van der Waals surface area (Å²) in [6, 6.07) is 5.43. The summed E-state index contributed by atoms with van der Waals surface area (Å²) >= 11 is 6.06. The van der Waals surface area contributed by atoms with Crippen molar-refractivity contribution in [3.8, 4) is 5.75 Å².